The van der Waals surface area contributed by atoms with Gasteiger partial charge in [0.05, 0.1) is 17.2 Å². The first-order chi connectivity index (χ1) is 12.5. The minimum atomic E-state index is -0.364. The number of aromatic nitrogens is 2. The van der Waals surface area contributed by atoms with Crippen LogP contribution in [0.25, 0.3) is 10.9 Å². The van der Waals surface area contributed by atoms with Gasteiger partial charge in [-0.05, 0) is 25.8 Å². The average molecular weight is 369 g/mol. The summed E-state index contributed by atoms with van der Waals surface area (Å²) in [7, 11) is 0. The van der Waals surface area contributed by atoms with Gasteiger partial charge in [0.1, 0.15) is 6.04 Å². The molecular weight excluding hydrogens is 346 g/mol. The van der Waals surface area contributed by atoms with Crippen molar-refractivity contribution in [2.75, 3.05) is 0 Å². The summed E-state index contributed by atoms with van der Waals surface area (Å²) in [6.07, 6.45) is 3.34. The maximum atomic E-state index is 12.8. The van der Waals surface area contributed by atoms with Crippen LogP contribution < -0.4 is 5.32 Å². The third-order valence-corrected chi connectivity index (χ3v) is 5.53. The number of Topliss-reactive ketones (excluding diaryl/α,β-unsaturated/α-hetero) is 1. The van der Waals surface area contributed by atoms with Crippen molar-refractivity contribution in [1.82, 2.24) is 14.9 Å². The molecular formula is C20H23N3O2S. The molecule has 0 saturated carbocycles. The molecule has 1 atom stereocenters. The Morgan fingerprint density at radius 1 is 1.27 bits per heavy atom. The van der Waals surface area contributed by atoms with Gasteiger partial charge in [-0.2, -0.15) is 0 Å². The summed E-state index contributed by atoms with van der Waals surface area (Å²) < 4.78 is 1.92. The minimum absolute atomic E-state index is 0.00443. The highest BCUT2D eigenvalue weighted by Crippen LogP contribution is 2.27. The van der Waals surface area contributed by atoms with E-state index in [1.165, 1.54) is 0 Å². The molecule has 0 aliphatic carbocycles. The Hall–Kier alpha value is -2.47. The Bertz CT molecular complexity index is 942. The van der Waals surface area contributed by atoms with E-state index in [0.717, 1.165) is 28.0 Å². The summed E-state index contributed by atoms with van der Waals surface area (Å²) in [5.74, 6) is -0.0563. The Morgan fingerprint density at radius 2 is 2.04 bits per heavy atom. The van der Waals surface area contributed by atoms with E-state index in [4.69, 9.17) is 0 Å². The third kappa shape index (κ3) is 3.55. The van der Waals surface area contributed by atoms with Crippen LogP contribution in [0.1, 0.15) is 54.3 Å². The van der Waals surface area contributed by atoms with E-state index in [0.29, 0.717) is 18.5 Å². The molecule has 2 heterocycles. The highest BCUT2D eigenvalue weighted by molar-refractivity contribution is 7.09. The molecule has 0 bridgehead atoms. The van der Waals surface area contributed by atoms with Crippen LogP contribution in [-0.2, 0) is 17.8 Å². The maximum Gasteiger partial charge on any atom is 0.243 e. The second kappa shape index (κ2) is 7.83. The zero-order valence-electron chi connectivity index (χ0n) is 15.3. The summed E-state index contributed by atoms with van der Waals surface area (Å²) in [6, 6.07) is 7.35. The number of hydrogen-bond acceptors (Lipinski definition) is 4. The van der Waals surface area contributed by atoms with Crippen molar-refractivity contribution in [2.45, 2.75) is 46.2 Å². The van der Waals surface area contributed by atoms with E-state index < -0.39 is 0 Å². The molecule has 0 spiro atoms. The lowest BCUT2D eigenvalue weighted by molar-refractivity contribution is -0.124. The Kier molecular flexibility index (Phi) is 5.52. The largest absolute Gasteiger partial charge is 0.349 e. The van der Waals surface area contributed by atoms with Gasteiger partial charge in [-0.1, -0.05) is 32.0 Å². The first kappa shape index (κ1) is 18.3. The van der Waals surface area contributed by atoms with Crippen molar-refractivity contribution in [3.8, 4) is 0 Å². The van der Waals surface area contributed by atoms with Crippen molar-refractivity contribution >= 4 is 33.9 Å². The minimum Gasteiger partial charge on any atom is -0.349 e. The number of amides is 1. The van der Waals surface area contributed by atoms with Crippen molar-refractivity contribution < 1.29 is 9.59 Å². The second-order valence-corrected chi connectivity index (χ2v) is 7.19. The predicted octanol–water partition coefficient (Wildman–Crippen LogP) is 4.13. The quantitative estimate of drug-likeness (QED) is 0.637. The van der Waals surface area contributed by atoms with E-state index >= 15 is 0 Å². The second-order valence-electron chi connectivity index (χ2n) is 6.25. The molecule has 1 aromatic carbocycles. The van der Waals surface area contributed by atoms with Crippen molar-refractivity contribution in [1.29, 1.82) is 0 Å². The van der Waals surface area contributed by atoms with Crippen LogP contribution in [0, 0.1) is 0 Å². The van der Waals surface area contributed by atoms with Gasteiger partial charge in [0, 0.05) is 28.0 Å². The van der Waals surface area contributed by atoms with Gasteiger partial charge in [0.25, 0.3) is 0 Å². The third-order valence-electron chi connectivity index (χ3n) is 4.49. The number of carbonyl (C=O) groups excluding carboxylic acids is 2. The molecule has 26 heavy (non-hydrogen) atoms. The fourth-order valence-electron chi connectivity index (χ4n) is 3.14. The van der Waals surface area contributed by atoms with E-state index in [-0.39, 0.29) is 17.7 Å². The fraction of sp³-hybridized carbons (Fsp3) is 0.350. The topological polar surface area (TPSA) is 64.0 Å². The fourth-order valence-corrected chi connectivity index (χ4v) is 3.88. The van der Waals surface area contributed by atoms with E-state index in [1.807, 2.05) is 41.1 Å². The number of benzene rings is 1. The summed E-state index contributed by atoms with van der Waals surface area (Å²) in [6.45, 7) is 6.02. The zero-order chi connectivity index (χ0) is 18.7. The van der Waals surface area contributed by atoms with E-state index in [9.17, 15) is 9.59 Å². The average Bonchev–Trinajstić information content (AvgIpc) is 3.25. The Morgan fingerprint density at radius 3 is 2.69 bits per heavy atom. The highest BCUT2D eigenvalue weighted by Gasteiger charge is 2.22. The van der Waals surface area contributed by atoms with Gasteiger partial charge in [-0.25, -0.2) is 4.98 Å². The van der Waals surface area contributed by atoms with E-state index in [2.05, 4.69) is 17.2 Å². The molecule has 0 aliphatic rings. The molecule has 0 saturated heterocycles. The van der Waals surface area contributed by atoms with Gasteiger partial charge < -0.3 is 9.88 Å². The van der Waals surface area contributed by atoms with Crippen molar-refractivity contribution in [3.63, 3.8) is 0 Å². The number of hydrogen-bond donors (Lipinski definition) is 1. The molecule has 1 unspecified atom stereocenters. The van der Waals surface area contributed by atoms with Gasteiger partial charge >= 0.3 is 0 Å². The van der Waals surface area contributed by atoms with Crippen molar-refractivity contribution in [2.24, 2.45) is 0 Å². The van der Waals surface area contributed by atoms with Crippen LogP contribution in [0.5, 0.6) is 0 Å². The summed E-state index contributed by atoms with van der Waals surface area (Å²) in [5, 5.41) is 6.93. The maximum absolute atomic E-state index is 12.8. The first-order valence-corrected chi connectivity index (χ1v) is 9.74. The Balaban J connectivity index is 1.85. The monoisotopic (exact) mass is 369 g/mol. The Labute approximate surface area is 157 Å². The SMILES string of the molecule is CCc1nc(CNC(=O)C(CC)n2cc(C(C)=O)c3ccccc32)cs1. The lowest BCUT2D eigenvalue weighted by Crippen LogP contribution is -2.31. The summed E-state index contributed by atoms with van der Waals surface area (Å²) >= 11 is 1.62. The van der Waals surface area contributed by atoms with Crippen LogP contribution in [-0.4, -0.2) is 21.2 Å². The van der Waals surface area contributed by atoms with Gasteiger partial charge in [-0.3, -0.25) is 9.59 Å². The number of nitrogens with zero attached hydrogens (tertiary/aromatic N) is 2. The van der Waals surface area contributed by atoms with Crippen LogP contribution in [0.15, 0.2) is 35.8 Å². The number of nitrogens with one attached hydrogen (secondary N) is 1. The van der Waals surface area contributed by atoms with Crippen LogP contribution in [0.4, 0.5) is 0 Å². The summed E-state index contributed by atoms with van der Waals surface area (Å²) in [4.78, 5) is 29.3. The molecule has 1 N–H and O–H groups in total. The molecule has 3 aromatic rings. The van der Waals surface area contributed by atoms with Crippen LogP contribution >= 0.6 is 11.3 Å². The molecule has 0 aliphatic heterocycles. The molecule has 136 valence electrons. The van der Waals surface area contributed by atoms with Gasteiger partial charge in [-0.15, -0.1) is 11.3 Å². The first-order valence-electron chi connectivity index (χ1n) is 8.86. The predicted molar refractivity (Wildman–Crippen MR) is 105 cm³/mol. The molecule has 5 nitrogen and oxygen atoms in total. The van der Waals surface area contributed by atoms with Gasteiger partial charge in [0.2, 0.25) is 5.91 Å². The van der Waals surface area contributed by atoms with Crippen molar-refractivity contribution in [3.05, 3.63) is 52.1 Å². The molecule has 3 rings (SSSR count). The van der Waals surface area contributed by atoms with E-state index in [1.54, 1.807) is 24.5 Å². The number of thiazole rings is 1. The van der Waals surface area contributed by atoms with Crippen LogP contribution in [0.2, 0.25) is 0 Å². The molecule has 6 heteroatoms. The molecule has 0 radical (unpaired) electrons. The number of fused-ring (bicyclic) bond motifs is 1. The lowest BCUT2D eigenvalue weighted by atomic mass is 10.1. The number of carbonyl (C=O) groups is 2. The summed E-state index contributed by atoms with van der Waals surface area (Å²) in [5.41, 5.74) is 2.44. The molecule has 0 fully saturated rings. The molecule has 2 aromatic heterocycles. The normalized spacial score (nSPS) is 12.3. The number of rotatable bonds is 7. The lowest BCUT2D eigenvalue weighted by Gasteiger charge is -2.18. The standard InChI is InChI=1S/C20H23N3O2S/c1-4-17(20(25)21-10-14-12-26-19(5-2)22-14)23-11-16(13(3)24)15-8-6-7-9-18(15)23/h6-9,11-12,17H,4-5,10H2,1-3H3,(H,21,25). The smallest absolute Gasteiger partial charge is 0.243 e. The molecule has 1 amide bonds. The van der Waals surface area contributed by atoms with Gasteiger partial charge in [0.15, 0.2) is 5.78 Å². The highest BCUT2D eigenvalue weighted by atomic mass is 32.1. The van der Waals surface area contributed by atoms with Crippen LogP contribution in [0.3, 0.4) is 0 Å². The zero-order valence-corrected chi connectivity index (χ0v) is 16.1. The number of aryl methyl sites for hydroxylation is 1. The number of para-hydroxylation sites is 1. The number of ketones is 1.